The van der Waals surface area contributed by atoms with Gasteiger partial charge in [0.2, 0.25) is 5.91 Å². The normalized spacial score (nSPS) is 12.2. The number of carbonyl (C=O) groups excluding carboxylic acids is 1. The molecule has 1 amide bonds. The lowest BCUT2D eigenvalue weighted by molar-refractivity contribution is -0.143. The van der Waals surface area contributed by atoms with Gasteiger partial charge in [-0.25, -0.2) is 0 Å². The lowest BCUT2D eigenvalue weighted by atomic mass is 10.2. The van der Waals surface area contributed by atoms with Gasteiger partial charge in [0, 0.05) is 10.7 Å². The van der Waals surface area contributed by atoms with E-state index in [4.69, 9.17) is 16.7 Å². The zero-order chi connectivity index (χ0) is 15.3. The summed E-state index contributed by atoms with van der Waals surface area (Å²) in [6.07, 6.45) is 0.440. The minimum absolute atomic E-state index is 0.0107. The van der Waals surface area contributed by atoms with Crippen molar-refractivity contribution in [1.29, 1.82) is 0 Å². The fraction of sp³-hybridized carbons (Fsp3) is 0.429. The Labute approximate surface area is 123 Å². The molecule has 0 bridgehead atoms. The van der Waals surface area contributed by atoms with E-state index in [0.717, 1.165) is 5.56 Å². The third-order valence-corrected chi connectivity index (χ3v) is 3.55. The highest BCUT2D eigenvalue weighted by Crippen LogP contribution is 2.22. The van der Waals surface area contributed by atoms with Gasteiger partial charge in [0.15, 0.2) is 0 Å². The van der Waals surface area contributed by atoms with Crippen LogP contribution in [0.25, 0.3) is 0 Å². The van der Waals surface area contributed by atoms with Crippen molar-refractivity contribution in [2.45, 2.75) is 26.3 Å². The number of hydrogen-bond acceptors (Lipinski definition) is 3. The van der Waals surface area contributed by atoms with Gasteiger partial charge in [0.05, 0.1) is 6.54 Å². The first-order valence-corrected chi connectivity index (χ1v) is 6.72. The number of rotatable bonds is 6. The molecule has 1 aromatic carbocycles. The second kappa shape index (κ2) is 7.26. The zero-order valence-corrected chi connectivity index (χ0v) is 12.6. The van der Waals surface area contributed by atoms with Crippen molar-refractivity contribution in [2.24, 2.45) is 0 Å². The van der Waals surface area contributed by atoms with Gasteiger partial charge in [-0.2, -0.15) is 0 Å². The van der Waals surface area contributed by atoms with Crippen LogP contribution in [-0.4, -0.2) is 41.5 Å². The average molecular weight is 299 g/mol. The Morgan fingerprint density at radius 3 is 2.65 bits per heavy atom. The average Bonchev–Trinajstić information content (AvgIpc) is 2.35. The minimum Gasteiger partial charge on any atom is -0.480 e. The largest absolute Gasteiger partial charge is 0.480 e. The molecule has 0 aliphatic heterocycles. The van der Waals surface area contributed by atoms with Crippen molar-refractivity contribution in [3.63, 3.8) is 0 Å². The first-order chi connectivity index (χ1) is 9.36. The van der Waals surface area contributed by atoms with Crippen molar-refractivity contribution in [3.8, 4) is 0 Å². The summed E-state index contributed by atoms with van der Waals surface area (Å²) in [6, 6.07) is 4.59. The highest BCUT2D eigenvalue weighted by Gasteiger charge is 2.22. The number of benzene rings is 1. The number of carbonyl (C=O) groups is 2. The molecule has 5 nitrogen and oxygen atoms in total. The van der Waals surface area contributed by atoms with Crippen LogP contribution in [0, 0.1) is 6.92 Å². The number of hydrogen-bond donors (Lipinski definition) is 2. The highest BCUT2D eigenvalue weighted by molar-refractivity contribution is 6.31. The molecule has 0 radical (unpaired) electrons. The quantitative estimate of drug-likeness (QED) is 0.846. The van der Waals surface area contributed by atoms with E-state index in [1.54, 1.807) is 32.2 Å². The first kappa shape index (κ1) is 16.5. The Bertz CT molecular complexity index is 505. The van der Waals surface area contributed by atoms with E-state index in [1.165, 1.54) is 4.90 Å². The summed E-state index contributed by atoms with van der Waals surface area (Å²) in [4.78, 5) is 24.5. The number of nitrogens with zero attached hydrogens (tertiary/aromatic N) is 1. The third-order valence-electron chi connectivity index (χ3n) is 3.14. The predicted octanol–water partition coefficient (Wildman–Crippen LogP) is 2.38. The van der Waals surface area contributed by atoms with Crippen LogP contribution in [0.1, 0.15) is 18.9 Å². The number of likely N-dealkylation sites (N-methyl/N-ethyl adjacent to an activating group) is 1. The molecular weight excluding hydrogens is 280 g/mol. The first-order valence-electron chi connectivity index (χ1n) is 6.34. The molecule has 0 aromatic heterocycles. The van der Waals surface area contributed by atoms with E-state index < -0.39 is 12.0 Å². The van der Waals surface area contributed by atoms with Crippen molar-refractivity contribution in [3.05, 3.63) is 28.8 Å². The number of halogens is 1. The summed E-state index contributed by atoms with van der Waals surface area (Å²) < 4.78 is 0. The molecule has 20 heavy (non-hydrogen) atoms. The van der Waals surface area contributed by atoms with Gasteiger partial charge >= 0.3 is 5.97 Å². The Hall–Kier alpha value is -1.59. The standard InChI is InChI=1S/C14H19ClN2O3/c1-4-12(14(19)20)17(3)8-13(18)16-11-7-5-6-10(15)9(11)2/h5-7,12H,4,8H2,1-3H3,(H,16,18)(H,19,20). The number of carboxylic acids is 1. The Morgan fingerprint density at radius 2 is 2.10 bits per heavy atom. The monoisotopic (exact) mass is 298 g/mol. The van der Waals surface area contributed by atoms with Gasteiger partial charge in [-0.1, -0.05) is 24.6 Å². The molecule has 0 aliphatic rings. The summed E-state index contributed by atoms with van der Waals surface area (Å²) >= 11 is 5.98. The molecule has 0 heterocycles. The molecule has 0 saturated heterocycles. The molecule has 0 fully saturated rings. The molecule has 1 atom stereocenters. The predicted molar refractivity (Wildman–Crippen MR) is 79.2 cm³/mol. The molecule has 6 heteroatoms. The number of carboxylic acid groups (broad SMARTS) is 1. The lowest BCUT2D eigenvalue weighted by Gasteiger charge is -2.22. The summed E-state index contributed by atoms with van der Waals surface area (Å²) in [5.41, 5.74) is 1.43. The van der Waals surface area contributed by atoms with Crippen LogP contribution in [0.2, 0.25) is 5.02 Å². The molecule has 2 N–H and O–H groups in total. The highest BCUT2D eigenvalue weighted by atomic mass is 35.5. The Balaban J connectivity index is 2.68. The van der Waals surface area contributed by atoms with E-state index in [-0.39, 0.29) is 12.5 Å². The van der Waals surface area contributed by atoms with Crippen LogP contribution in [-0.2, 0) is 9.59 Å². The van der Waals surface area contributed by atoms with Gasteiger partial charge in [0.25, 0.3) is 0 Å². The fourth-order valence-electron chi connectivity index (χ4n) is 1.94. The minimum atomic E-state index is -0.929. The summed E-state index contributed by atoms with van der Waals surface area (Å²) in [5, 5.41) is 12.4. The maximum atomic E-state index is 11.9. The van der Waals surface area contributed by atoms with E-state index >= 15 is 0 Å². The molecule has 0 spiro atoms. The Kier molecular flexibility index (Phi) is 5.98. The molecule has 1 aromatic rings. The van der Waals surface area contributed by atoms with E-state index in [1.807, 2.05) is 6.92 Å². The fourth-order valence-corrected chi connectivity index (χ4v) is 2.12. The van der Waals surface area contributed by atoms with Crippen LogP contribution in [0.4, 0.5) is 5.69 Å². The number of amides is 1. The number of anilines is 1. The number of aliphatic carboxylic acids is 1. The summed E-state index contributed by atoms with van der Waals surface area (Å²) in [5.74, 6) is -1.20. The molecule has 0 saturated carbocycles. The van der Waals surface area contributed by atoms with Crippen LogP contribution < -0.4 is 5.32 Å². The molecule has 1 unspecified atom stereocenters. The van der Waals surface area contributed by atoms with Crippen molar-refractivity contribution in [1.82, 2.24) is 4.90 Å². The SMILES string of the molecule is CCC(C(=O)O)N(C)CC(=O)Nc1cccc(Cl)c1C. The zero-order valence-electron chi connectivity index (χ0n) is 11.8. The second-order valence-corrected chi connectivity index (χ2v) is 5.05. The maximum Gasteiger partial charge on any atom is 0.320 e. The second-order valence-electron chi connectivity index (χ2n) is 4.64. The summed E-state index contributed by atoms with van der Waals surface area (Å²) in [7, 11) is 1.62. The van der Waals surface area contributed by atoms with Crippen LogP contribution in [0.15, 0.2) is 18.2 Å². The van der Waals surface area contributed by atoms with Gasteiger partial charge < -0.3 is 10.4 Å². The van der Waals surface area contributed by atoms with Gasteiger partial charge in [-0.05, 0) is 38.1 Å². The van der Waals surface area contributed by atoms with Gasteiger partial charge in [0.1, 0.15) is 6.04 Å². The van der Waals surface area contributed by atoms with E-state index in [0.29, 0.717) is 17.1 Å². The third kappa shape index (κ3) is 4.21. The van der Waals surface area contributed by atoms with Crippen molar-refractivity contribution in [2.75, 3.05) is 18.9 Å². The van der Waals surface area contributed by atoms with E-state index in [2.05, 4.69) is 5.32 Å². The van der Waals surface area contributed by atoms with Crippen molar-refractivity contribution < 1.29 is 14.7 Å². The maximum absolute atomic E-state index is 11.9. The molecular formula is C14H19ClN2O3. The van der Waals surface area contributed by atoms with Gasteiger partial charge in [-0.3, -0.25) is 14.5 Å². The molecule has 0 aliphatic carbocycles. The van der Waals surface area contributed by atoms with Crippen LogP contribution >= 0.6 is 11.6 Å². The van der Waals surface area contributed by atoms with Crippen LogP contribution in [0.5, 0.6) is 0 Å². The number of nitrogens with one attached hydrogen (secondary N) is 1. The van der Waals surface area contributed by atoms with Gasteiger partial charge in [-0.15, -0.1) is 0 Å². The smallest absolute Gasteiger partial charge is 0.320 e. The topological polar surface area (TPSA) is 69.6 Å². The van der Waals surface area contributed by atoms with Crippen LogP contribution in [0.3, 0.4) is 0 Å². The van der Waals surface area contributed by atoms with E-state index in [9.17, 15) is 9.59 Å². The Morgan fingerprint density at radius 1 is 1.45 bits per heavy atom. The van der Waals surface area contributed by atoms with Crippen molar-refractivity contribution >= 4 is 29.2 Å². The lowest BCUT2D eigenvalue weighted by Crippen LogP contribution is -2.42. The summed E-state index contributed by atoms with van der Waals surface area (Å²) in [6.45, 7) is 3.60. The molecule has 110 valence electrons. The molecule has 1 rings (SSSR count).